The van der Waals surface area contributed by atoms with Crippen molar-refractivity contribution in [3.05, 3.63) is 71.5 Å². The van der Waals surface area contributed by atoms with Crippen LogP contribution in [-0.4, -0.2) is 52.1 Å². The van der Waals surface area contributed by atoms with Gasteiger partial charge in [-0.25, -0.2) is 9.97 Å². The predicted molar refractivity (Wildman–Crippen MR) is 147 cm³/mol. The van der Waals surface area contributed by atoms with Crippen LogP contribution in [0, 0.1) is 5.41 Å². The normalized spacial score (nSPS) is 14.2. The number of nitrogens with zero attached hydrogens (tertiary/aromatic N) is 3. The second kappa shape index (κ2) is 11.7. The molecule has 2 aromatic carbocycles. The van der Waals surface area contributed by atoms with E-state index in [9.17, 15) is 9.59 Å². The van der Waals surface area contributed by atoms with Crippen LogP contribution in [-0.2, 0) is 9.59 Å². The summed E-state index contributed by atoms with van der Waals surface area (Å²) in [6.07, 6.45) is 7.28. The summed E-state index contributed by atoms with van der Waals surface area (Å²) in [5, 5.41) is 10.4. The first-order valence-corrected chi connectivity index (χ1v) is 12.2. The van der Waals surface area contributed by atoms with Crippen molar-refractivity contribution >= 4 is 53.7 Å². The molecule has 0 atom stereocenters. The monoisotopic (exact) mass is 516 g/mol. The van der Waals surface area contributed by atoms with Gasteiger partial charge in [-0.2, -0.15) is 0 Å². The lowest BCUT2D eigenvalue weighted by Gasteiger charge is -2.31. The van der Waals surface area contributed by atoms with E-state index in [1.165, 1.54) is 4.90 Å². The lowest BCUT2D eigenvalue weighted by Crippen LogP contribution is -2.46. The molecular weight excluding hydrogens is 488 g/mol. The minimum atomic E-state index is -0.750. The number of carbonyl (C=O) groups excluding carboxylic acids is 2. The van der Waals surface area contributed by atoms with Crippen LogP contribution in [0.5, 0.6) is 6.01 Å². The quantitative estimate of drug-likeness (QED) is 0.129. The highest BCUT2D eigenvalue weighted by molar-refractivity contribution is 7.80. The van der Waals surface area contributed by atoms with E-state index in [0.29, 0.717) is 54.4 Å². The number of amides is 2. The third kappa shape index (κ3) is 6.34. The molecule has 4 rings (SSSR count). The fourth-order valence-corrected chi connectivity index (χ4v) is 4.34. The number of aromatic nitrogens is 2. The molecule has 9 nitrogen and oxygen atoms in total. The second-order valence-electron chi connectivity index (χ2n) is 8.65. The Morgan fingerprint density at radius 3 is 2.51 bits per heavy atom. The maximum absolute atomic E-state index is 12.8. The van der Waals surface area contributed by atoms with E-state index in [0.717, 1.165) is 22.2 Å². The number of nitrogen functional groups attached to an aromatic ring is 1. The molecule has 0 bridgehead atoms. The van der Waals surface area contributed by atoms with Crippen molar-refractivity contribution < 1.29 is 14.3 Å². The van der Waals surface area contributed by atoms with Crippen molar-refractivity contribution in [2.24, 2.45) is 0 Å². The van der Waals surface area contributed by atoms with Gasteiger partial charge in [0.05, 0.1) is 0 Å². The summed E-state index contributed by atoms with van der Waals surface area (Å²) in [5.41, 5.74) is 9.94. The molecule has 190 valence electrons. The molecule has 3 aromatic rings. The van der Waals surface area contributed by atoms with Crippen molar-refractivity contribution in [2.75, 3.05) is 24.1 Å². The van der Waals surface area contributed by atoms with Gasteiger partial charge in [0, 0.05) is 71.9 Å². The Bertz CT molecular complexity index is 1340. The van der Waals surface area contributed by atoms with Crippen LogP contribution < -0.4 is 15.8 Å². The molecule has 1 fully saturated rings. The van der Waals surface area contributed by atoms with Crippen LogP contribution in [0.15, 0.2) is 59.8 Å². The van der Waals surface area contributed by atoms with E-state index >= 15 is 0 Å². The highest BCUT2D eigenvalue weighted by atomic mass is 32.1. The van der Waals surface area contributed by atoms with Crippen LogP contribution in [0.4, 0.5) is 11.4 Å². The summed E-state index contributed by atoms with van der Waals surface area (Å²) < 4.78 is 5.76. The molecule has 0 radical (unpaired) electrons. The Hall–Kier alpha value is -4.18. The van der Waals surface area contributed by atoms with E-state index in [4.69, 9.17) is 15.9 Å². The van der Waals surface area contributed by atoms with Gasteiger partial charge >= 0.3 is 17.8 Å². The highest BCUT2D eigenvalue weighted by Gasteiger charge is 2.28. The number of anilines is 2. The molecule has 2 amide bonds. The van der Waals surface area contributed by atoms with Crippen LogP contribution >= 0.6 is 12.6 Å². The molecule has 1 aromatic heterocycles. The zero-order valence-electron chi connectivity index (χ0n) is 20.3. The molecule has 0 aliphatic carbocycles. The van der Waals surface area contributed by atoms with Crippen molar-refractivity contribution in [2.45, 2.75) is 30.8 Å². The van der Waals surface area contributed by atoms with Crippen molar-refractivity contribution in [3.8, 4) is 6.01 Å². The number of hydrogen-bond donors (Lipinski definition) is 4. The van der Waals surface area contributed by atoms with Crippen molar-refractivity contribution in [3.63, 3.8) is 0 Å². The molecule has 10 heteroatoms. The standard InChI is InChI=1S/C27H28N6O3S/c1-17(13-18-5-2-3-6-23(18)37)22-15-20(14-19(16-28)24(22)29)32-25(34)26(35)33-11-7-21(8-12-33)36-27-30-9-4-10-31-27/h2-6,9-10,13-16,21,28,37H,7-8,11-12,29H2,1H3,(H,32,34)/b17-13+,28-16?. The Morgan fingerprint density at radius 1 is 1.14 bits per heavy atom. The van der Waals surface area contributed by atoms with Gasteiger partial charge in [0.1, 0.15) is 6.10 Å². The molecular formula is C27H28N6O3S. The third-order valence-electron chi connectivity index (χ3n) is 6.10. The van der Waals surface area contributed by atoms with Crippen molar-refractivity contribution in [1.29, 1.82) is 5.41 Å². The van der Waals surface area contributed by atoms with Gasteiger partial charge in [-0.1, -0.05) is 24.3 Å². The number of benzene rings is 2. The summed E-state index contributed by atoms with van der Waals surface area (Å²) in [7, 11) is 0. The highest BCUT2D eigenvalue weighted by Crippen LogP contribution is 2.30. The molecule has 1 aliphatic heterocycles. The smallest absolute Gasteiger partial charge is 0.316 e. The van der Waals surface area contributed by atoms with Gasteiger partial charge in [0.2, 0.25) is 0 Å². The van der Waals surface area contributed by atoms with E-state index in [2.05, 4.69) is 27.9 Å². The minimum absolute atomic E-state index is 0.124. The number of piperidine rings is 1. The van der Waals surface area contributed by atoms with Crippen LogP contribution in [0.25, 0.3) is 11.6 Å². The Labute approximate surface area is 220 Å². The molecule has 37 heavy (non-hydrogen) atoms. The lowest BCUT2D eigenvalue weighted by molar-refractivity contribution is -0.144. The van der Waals surface area contributed by atoms with E-state index in [1.807, 2.05) is 37.3 Å². The van der Waals surface area contributed by atoms with Crippen LogP contribution in [0.2, 0.25) is 0 Å². The summed E-state index contributed by atoms with van der Waals surface area (Å²) in [6.45, 7) is 2.66. The second-order valence-corrected chi connectivity index (χ2v) is 9.13. The third-order valence-corrected chi connectivity index (χ3v) is 6.50. The summed E-state index contributed by atoms with van der Waals surface area (Å²) >= 11 is 4.49. The first-order valence-electron chi connectivity index (χ1n) is 11.8. The maximum atomic E-state index is 12.8. The number of nitrogens with two attached hydrogens (primary N) is 1. The first kappa shape index (κ1) is 25.9. The van der Waals surface area contributed by atoms with Crippen LogP contribution in [0.1, 0.15) is 36.5 Å². The Balaban J connectivity index is 1.44. The van der Waals surface area contributed by atoms with E-state index in [1.54, 1.807) is 30.6 Å². The fourth-order valence-electron chi connectivity index (χ4n) is 4.11. The predicted octanol–water partition coefficient (Wildman–Crippen LogP) is 3.91. The Morgan fingerprint density at radius 2 is 1.84 bits per heavy atom. The topological polar surface area (TPSA) is 134 Å². The van der Waals surface area contributed by atoms with Gasteiger partial charge in [0.25, 0.3) is 0 Å². The average molecular weight is 517 g/mol. The largest absolute Gasteiger partial charge is 0.460 e. The van der Waals surface area contributed by atoms with E-state index in [-0.39, 0.29) is 6.10 Å². The fraction of sp³-hybridized carbons (Fsp3) is 0.222. The number of allylic oxidation sites excluding steroid dienone is 1. The average Bonchev–Trinajstić information content (AvgIpc) is 2.91. The number of hydrogen-bond acceptors (Lipinski definition) is 8. The summed E-state index contributed by atoms with van der Waals surface area (Å²) in [6, 6.07) is 12.9. The molecule has 2 heterocycles. The Kier molecular flexibility index (Phi) is 8.19. The number of likely N-dealkylation sites (tertiary alicyclic amines) is 1. The lowest BCUT2D eigenvalue weighted by atomic mass is 9.98. The SMILES string of the molecule is C/C(=C\c1ccccc1S)c1cc(NC(=O)C(=O)N2CCC(Oc3ncccn3)CC2)cc(C=N)c1N. The minimum Gasteiger partial charge on any atom is -0.460 e. The molecule has 4 N–H and O–H groups in total. The van der Waals surface area contributed by atoms with Gasteiger partial charge < -0.3 is 26.1 Å². The van der Waals surface area contributed by atoms with Gasteiger partial charge in [0.15, 0.2) is 0 Å². The van der Waals surface area contributed by atoms with E-state index < -0.39 is 11.8 Å². The zero-order chi connectivity index (χ0) is 26.4. The summed E-state index contributed by atoms with van der Waals surface area (Å²) in [4.78, 5) is 36.1. The van der Waals surface area contributed by atoms with Gasteiger partial charge in [-0.3, -0.25) is 9.59 Å². The molecule has 0 unspecified atom stereocenters. The number of rotatable bonds is 6. The first-order chi connectivity index (χ1) is 17.9. The molecule has 1 aliphatic rings. The number of thiol groups is 1. The number of nitrogens with one attached hydrogen (secondary N) is 2. The van der Waals surface area contributed by atoms with Crippen LogP contribution in [0.3, 0.4) is 0 Å². The molecule has 0 saturated carbocycles. The maximum Gasteiger partial charge on any atom is 0.316 e. The zero-order valence-corrected chi connectivity index (χ0v) is 21.2. The van der Waals surface area contributed by atoms with Crippen molar-refractivity contribution in [1.82, 2.24) is 14.9 Å². The number of carbonyl (C=O) groups is 2. The number of ether oxygens (including phenoxy) is 1. The van der Waals surface area contributed by atoms with Gasteiger partial charge in [-0.05, 0) is 42.3 Å². The van der Waals surface area contributed by atoms with Gasteiger partial charge in [-0.15, -0.1) is 12.6 Å². The summed E-state index contributed by atoms with van der Waals surface area (Å²) in [5.74, 6) is -1.37. The molecule has 0 spiro atoms. The molecule has 1 saturated heterocycles.